The van der Waals surface area contributed by atoms with Crippen molar-refractivity contribution in [1.82, 2.24) is 14.4 Å². The van der Waals surface area contributed by atoms with E-state index in [9.17, 15) is 9.59 Å². The molecule has 1 aliphatic rings. The number of benzene rings is 1. The molecule has 0 atom stereocenters. The predicted molar refractivity (Wildman–Crippen MR) is 129 cm³/mol. The van der Waals surface area contributed by atoms with Crippen molar-refractivity contribution >= 4 is 11.8 Å². The third-order valence-electron chi connectivity index (χ3n) is 6.32. The zero-order valence-electron chi connectivity index (χ0n) is 20.2. The molecule has 0 bridgehead atoms. The fourth-order valence-electron chi connectivity index (χ4n) is 4.33. The fraction of sp³-hybridized carbons (Fsp3) is 0.556. The van der Waals surface area contributed by atoms with Crippen LogP contribution in [0.2, 0.25) is 0 Å². The summed E-state index contributed by atoms with van der Waals surface area (Å²) in [7, 11) is 0. The Bertz CT molecular complexity index is 866. The summed E-state index contributed by atoms with van der Waals surface area (Å²) in [6.07, 6.45) is 5.82. The van der Waals surface area contributed by atoms with Crippen molar-refractivity contribution in [2.45, 2.75) is 72.5 Å². The Morgan fingerprint density at radius 2 is 1.72 bits per heavy atom. The predicted octanol–water partition coefficient (Wildman–Crippen LogP) is 4.95. The first-order chi connectivity index (χ1) is 15.4. The monoisotopic (exact) mass is 437 g/mol. The van der Waals surface area contributed by atoms with Gasteiger partial charge >= 0.3 is 0 Å². The summed E-state index contributed by atoms with van der Waals surface area (Å²) in [5.41, 5.74) is 2.38. The third-order valence-corrected chi connectivity index (χ3v) is 6.32. The minimum atomic E-state index is -0.000899. The molecule has 3 rings (SSSR count). The fourth-order valence-corrected chi connectivity index (χ4v) is 4.33. The van der Waals surface area contributed by atoms with Crippen LogP contribution >= 0.6 is 0 Å². The molecule has 5 nitrogen and oxygen atoms in total. The molecular formula is C27H39N3O2. The first kappa shape index (κ1) is 24.1. The maximum absolute atomic E-state index is 13.4. The molecule has 0 radical (unpaired) electrons. The molecule has 1 aromatic heterocycles. The lowest BCUT2D eigenvalue weighted by Gasteiger charge is -2.31. The van der Waals surface area contributed by atoms with Crippen LogP contribution in [0.1, 0.15) is 64.6 Å². The van der Waals surface area contributed by atoms with Crippen LogP contribution in [0.5, 0.6) is 0 Å². The molecule has 1 aliphatic carbocycles. The molecular weight excluding hydrogens is 398 g/mol. The topological polar surface area (TPSA) is 45.6 Å². The largest absolute Gasteiger partial charge is 0.345 e. The van der Waals surface area contributed by atoms with Gasteiger partial charge in [-0.2, -0.15) is 0 Å². The van der Waals surface area contributed by atoms with Crippen molar-refractivity contribution in [3.8, 4) is 0 Å². The highest BCUT2D eigenvalue weighted by Gasteiger charge is 2.35. The Morgan fingerprint density at radius 3 is 2.31 bits per heavy atom. The minimum Gasteiger partial charge on any atom is -0.345 e. The first-order valence-electron chi connectivity index (χ1n) is 12.2. The van der Waals surface area contributed by atoms with Gasteiger partial charge in [0.1, 0.15) is 0 Å². The standard InChI is InChI=1S/C27H39N3O2/c1-5-23(6-2)27(32)29(17-21(3)4)20-26(31)30(24-14-15-24)19-25-13-10-16-28(25)18-22-11-8-7-9-12-22/h7-13,16,21,23-24H,5-6,14-15,17-20H2,1-4H3. The zero-order valence-corrected chi connectivity index (χ0v) is 20.2. The molecule has 5 heteroatoms. The quantitative estimate of drug-likeness (QED) is 0.472. The second kappa shape index (κ2) is 11.3. The zero-order chi connectivity index (χ0) is 23.1. The van der Waals surface area contributed by atoms with Crippen LogP contribution in [0.4, 0.5) is 0 Å². The van der Waals surface area contributed by atoms with Crippen molar-refractivity contribution < 1.29 is 9.59 Å². The van der Waals surface area contributed by atoms with Gasteiger partial charge in [-0.15, -0.1) is 0 Å². The Hall–Kier alpha value is -2.56. The minimum absolute atomic E-state index is 0.000899. The Labute approximate surface area is 193 Å². The molecule has 1 aromatic carbocycles. The van der Waals surface area contributed by atoms with Gasteiger partial charge in [0.05, 0.1) is 13.1 Å². The lowest BCUT2D eigenvalue weighted by atomic mass is 10.0. The smallest absolute Gasteiger partial charge is 0.242 e. The van der Waals surface area contributed by atoms with Crippen molar-refractivity contribution in [3.05, 3.63) is 59.9 Å². The summed E-state index contributed by atoms with van der Waals surface area (Å²) < 4.78 is 2.22. The Morgan fingerprint density at radius 1 is 1.03 bits per heavy atom. The van der Waals surface area contributed by atoms with Crippen LogP contribution < -0.4 is 0 Å². The second-order valence-corrected chi connectivity index (χ2v) is 9.49. The van der Waals surface area contributed by atoms with Gasteiger partial charge in [-0.1, -0.05) is 58.0 Å². The SMILES string of the molecule is CCC(CC)C(=O)N(CC(=O)N(Cc1cccn1Cc1ccccc1)C1CC1)CC(C)C. The van der Waals surface area contributed by atoms with E-state index < -0.39 is 0 Å². The van der Waals surface area contributed by atoms with Gasteiger partial charge in [-0.3, -0.25) is 9.59 Å². The molecule has 1 fully saturated rings. The molecule has 0 unspecified atom stereocenters. The van der Waals surface area contributed by atoms with Crippen LogP contribution in [0.15, 0.2) is 48.7 Å². The summed E-state index contributed by atoms with van der Waals surface area (Å²) >= 11 is 0. The first-order valence-corrected chi connectivity index (χ1v) is 12.2. The van der Waals surface area contributed by atoms with Crippen LogP contribution in [0, 0.1) is 11.8 Å². The molecule has 2 amide bonds. The van der Waals surface area contributed by atoms with Crippen LogP contribution in [0.3, 0.4) is 0 Å². The third kappa shape index (κ3) is 6.47. The molecule has 0 aliphatic heterocycles. The molecule has 32 heavy (non-hydrogen) atoms. The van der Waals surface area contributed by atoms with E-state index in [4.69, 9.17) is 0 Å². The van der Waals surface area contributed by atoms with Gasteiger partial charge in [0.2, 0.25) is 11.8 Å². The van der Waals surface area contributed by atoms with E-state index in [1.807, 2.05) is 15.9 Å². The molecule has 174 valence electrons. The summed E-state index contributed by atoms with van der Waals surface area (Å²) in [6.45, 7) is 10.5. The van der Waals surface area contributed by atoms with Crippen LogP contribution in [-0.2, 0) is 22.7 Å². The summed E-state index contributed by atoms with van der Waals surface area (Å²) in [4.78, 5) is 30.4. The maximum Gasteiger partial charge on any atom is 0.242 e. The lowest BCUT2D eigenvalue weighted by Crippen LogP contribution is -2.46. The highest BCUT2D eigenvalue weighted by atomic mass is 16.2. The Balaban J connectivity index is 1.72. The lowest BCUT2D eigenvalue weighted by molar-refractivity contribution is -0.144. The average Bonchev–Trinajstić information content (AvgIpc) is 3.52. The number of hydrogen-bond acceptors (Lipinski definition) is 2. The van der Waals surface area contributed by atoms with Gasteiger partial charge < -0.3 is 14.4 Å². The van der Waals surface area contributed by atoms with Crippen molar-refractivity contribution in [2.24, 2.45) is 11.8 Å². The average molecular weight is 438 g/mol. The molecule has 0 saturated heterocycles. The molecule has 1 saturated carbocycles. The van der Waals surface area contributed by atoms with Gasteiger partial charge in [0, 0.05) is 36.9 Å². The molecule has 0 N–H and O–H groups in total. The van der Waals surface area contributed by atoms with Crippen LogP contribution in [-0.4, -0.2) is 45.3 Å². The molecule has 2 aromatic rings. The number of amides is 2. The number of aromatic nitrogens is 1. The van der Waals surface area contributed by atoms with Gasteiger partial charge in [0.25, 0.3) is 0 Å². The van der Waals surface area contributed by atoms with E-state index >= 15 is 0 Å². The van der Waals surface area contributed by atoms with E-state index in [0.29, 0.717) is 25.0 Å². The second-order valence-electron chi connectivity index (χ2n) is 9.49. The van der Waals surface area contributed by atoms with Gasteiger partial charge in [0.15, 0.2) is 0 Å². The summed E-state index contributed by atoms with van der Waals surface area (Å²) in [6, 6.07) is 14.8. The molecule has 1 heterocycles. The summed E-state index contributed by atoms with van der Waals surface area (Å²) in [5.74, 6) is 0.526. The van der Waals surface area contributed by atoms with Crippen molar-refractivity contribution in [3.63, 3.8) is 0 Å². The normalized spacial score (nSPS) is 13.6. The molecule has 0 spiro atoms. The number of carbonyl (C=O) groups is 2. The van der Waals surface area contributed by atoms with E-state index in [1.165, 1.54) is 5.56 Å². The highest BCUT2D eigenvalue weighted by Crippen LogP contribution is 2.29. The van der Waals surface area contributed by atoms with E-state index in [0.717, 1.165) is 37.9 Å². The summed E-state index contributed by atoms with van der Waals surface area (Å²) in [5, 5.41) is 0. The van der Waals surface area contributed by atoms with Crippen molar-refractivity contribution in [1.29, 1.82) is 0 Å². The number of rotatable bonds is 12. The van der Waals surface area contributed by atoms with Gasteiger partial charge in [-0.05, 0) is 49.3 Å². The highest BCUT2D eigenvalue weighted by molar-refractivity contribution is 5.86. The Kier molecular flexibility index (Phi) is 8.54. The maximum atomic E-state index is 13.4. The van der Waals surface area contributed by atoms with Crippen molar-refractivity contribution in [2.75, 3.05) is 13.1 Å². The number of nitrogens with zero attached hydrogens (tertiary/aromatic N) is 3. The van der Waals surface area contributed by atoms with E-state index in [2.05, 4.69) is 74.9 Å². The number of hydrogen-bond donors (Lipinski definition) is 0. The van der Waals surface area contributed by atoms with Crippen LogP contribution in [0.25, 0.3) is 0 Å². The van der Waals surface area contributed by atoms with Gasteiger partial charge in [-0.25, -0.2) is 0 Å². The van der Waals surface area contributed by atoms with E-state index in [-0.39, 0.29) is 24.3 Å². The number of carbonyl (C=O) groups excluding carboxylic acids is 2. The van der Waals surface area contributed by atoms with E-state index in [1.54, 1.807) is 0 Å².